The highest BCUT2D eigenvalue weighted by Crippen LogP contribution is 2.28. The molecule has 1 aromatic heterocycles. The van der Waals surface area contributed by atoms with Crippen molar-refractivity contribution in [3.05, 3.63) is 16.1 Å². The summed E-state index contributed by atoms with van der Waals surface area (Å²) in [5, 5.41) is 6.32. The van der Waals surface area contributed by atoms with E-state index in [-0.39, 0.29) is 5.91 Å². The summed E-state index contributed by atoms with van der Waals surface area (Å²) in [5.41, 5.74) is 2.36. The van der Waals surface area contributed by atoms with Crippen molar-refractivity contribution in [3.63, 3.8) is 0 Å². The summed E-state index contributed by atoms with van der Waals surface area (Å²) >= 11 is 11.8. The molecule has 0 saturated heterocycles. The molecule has 1 rings (SSSR count). The lowest BCUT2D eigenvalue weighted by atomic mass is 10.4. The van der Waals surface area contributed by atoms with Crippen LogP contribution in [0.5, 0.6) is 0 Å². The van der Waals surface area contributed by atoms with Crippen LogP contribution in [0.25, 0.3) is 0 Å². The van der Waals surface area contributed by atoms with Gasteiger partial charge >= 0.3 is 0 Å². The number of rotatable bonds is 5. The predicted molar refractivity (Wildman–Crippen MR) is 69.2 cm³/mol. The summed E-state index contributed by atoms with van der Waals surface area (Å²) < 4.78 is 0. The molecule has 0 spiro atoms. The van der Waals surface area contributed by atoms with Crippen LogP contribution in [0, 0.1) is 0 Å². The molecule has 0 aliphatic rings. The molecule has 0 atom stereocenters. The fourth-order valence-corrected chi connectivity index (χ4v) is 1.59. The molecule has 8 heteroatoms. The van der Waals surface area contributed by atoms with Gasteiger partial charge in [0.05, 0.1) is 10.0 Å². The molecule has 1 heterocycles. The molecular weight excluding hydrogens is 265 g/mol. The first-order chi connectivity index (χ1) is 8.04. The summed E-state index contributed by atoms with van der Waals surface area (Å²) in [6.07, 6.45) is 0. The van der Waals surface area contributed by atoms with Crippen LogP contribution >= 0.6 is 23.2 Å². The number of nitrogens with one attached hydrogen (secondary N) is 3. The SMILES string of the molecule is CC(=O)NCCNc1nc(NN)c(Cl)cc1Cl. The van der Waals surface area contributed by atoms with Gasteiger partial charge in [0.15, 0.2) is 5.82 Å². The quantitative estimate of drug-likeness (QED) is 0.369. The van der Waals surface area contributed by atoms with Crippen LogP contribution in [0.3, 0.4) is 0 Å². The Bertz CT molecular complexity index is 413. The van der Waals surface area contributed by atoms with Gasteiger partial charge in [-0.3, -0.25) is 4.79 Å². The molecule has 0 saturated carbocycles. The number of nitrogen functional groups attached to an aromatic ring is 1. The maximum atomic E-state index is 10.6. The largest absolute Gasteiger partial charge is 0.367 e. The van der Waals surface area contributed by atoms with Crippen molar-refractivity contribution < 1.29 is 4.79 Å². The molecule has 1 amide bonds. The number of carbonyl (C=O) groups is 1. The lowest BCUT2D eigenvalue weighted by Gasteiger charge is -2.10. The van der Waals surface area contributed by atoms with Gasteiger partial charge in [-0.2, -0.15) is 0 Å². The first-order valence-corrected chi connectivity index (χ1v) is 5.61. The molecule has 94 valence electrons. The van der Waals surface area contributed by atoms with E-state index in [9.17, 15) is 4.79 Å². The molecule has 0 aromatic carbocycles. The third-order valence-corrected chi connectivity index (χ3v) is 2.43. The van der Waals surface area contributed by atoms with Gasteiger partial charge in [0.2, 0.25) is 5.91 Å². The van der Waals surface area contributed by atoms with Crippen LogP contribution in [0.2, 0.25) is 10.0 Å². The number of nitrogens with zero attached hydrogens (tertiary/aromatic N) is 1. The van der Waals surface area contributed by atoms with E-state index in [1.54, 1.807) is 0 Å². The first kappa shape index (κ1) is 13.8. The number of hydrogen-bond donors (Lipinski definition) is 4. The Hall–Kier alpha value is -1.24. The van der Waals surface area contributed by atoms with Crippen molar-refractivity contribution in [2.24, 2.45) is 5.84 Å². The minimum atomic E-state index is -0.0914. The number of nitrogens with two attached hydrogens (primary N) is 1. The van der Waals surface area contributed by atoms with Crippen LogP contribution in [0.1, 0.15) is 6.92 Å². The van der Waals surface area contributed by atoms with E-state index in [1.165, 1.54) is 13.0 Å². The Morgan fingerprint density at radius 1 is 1.35 bits per heavy atom. The minimum Gasteiger partial charge on any atom is -0.367 e. The normalized spacial score (nSPS) is 9.88. The van der Waals surface area contributed by atoms with E-state index < -0.39 is 0 Å². The highest BCUT2D eigenvalue weighted by molar-refractivity contribution is 6.37. The van der Waals surface area contributed by atoms with E-state index >= 15 is 0 Å². The summed E-state index contributed by atoms with van der Waals surface area (Å²) in [5.74, 6) is 5.93. The van der Waals surface area contributed by atoms with Crippen LogP contribution in [0.4, 0.5) is 11.6 Å². The topological polar surface area (TPSA) is 92.1 Å². The summed E-state index contributed by atoms with van der Waals surface area (Å²) in [6, 6.07) is 1.53. The van der Waals surface area contributed by atoms with Crippen LogP contribution in [0.15, 0.2) is 6.07 Å². The third kappa shape index (κ3) is 4.26. The second-order valence-electron chi connectivity index (χ2n) is 3.20. The number of hydrogen-bond acceptors (Lipinski definition) is 5. The number of amides is 1. The van der Waals surface area contributed by atoms with Crippen molar-refractivity contribution >= 4 is 40.7 Å². The van der Waals surface area contributed by atoms with Crippen molar-refractivity contribution in [3.8, 4) is 0 Å². The van der Waals surface area contributed by atoms with Crippen LogP contribution in [-0.2, 0) is 4.79 Å². The standard InChI is InChI=1S/C9H13Cl2N5O/c1-5(17)13-2-3-14-8-6(10)4-7(11)9(15-8)16-12/h4H,2-3,12H2,1H3,(H,13,17)(H2,14,15,16). The van der Waals surface area contributed by atoms with E-state index in [4.69, 9.17) is 29.0 Å². The van der Waals surface area contributed by atoms with Gasteiger partial charge in [0, 0.05) is 20.0 Å². The van der Waals surface area contributed by atoms with E-state index in [0.29, 0.717) is 34.8 Å². The zero-order valence-corrected chi connectivity index (χ0v) is 10.7. The Balaban J connectivity index is 2.61. The lowest BCUT2D eigenvalue weighted by Crippen LogP contribution is -2.26. The van der Waals surface area contributed by atoms with Crippen LogP contribution < -0.4 is 21.9 Å². The number of pyridine rings is 1. The van der Waals surface area contributed by atoms with Gasteiger partial charge in [0.1, 0.15) is 5.82 Å². The molecule has 6 nitrogen and oxygen atoms in total. The second kappa shape index (κ2) is 6.48. The van der Waals surface area contributed by atoms with Crippen LogP contribution in [-0.4, -0.2) is 24.0 Å². The fourth-order valence-electron chi connectivity index (χ4n) is 1.11. The van der Waals surface area contributed by atoms with Gasteiger partial charge in [-0.1, -0.05) is 23.2 Å². The molecule has 17 heavy (non-hydrogen) atoms. The summed E-state index contributed by atoms with van der Waals surface area (Å²) in [7, 11) is 0. The van der Waals surface area contributed by atoms with Crippen molar-refractivity contribution in [2.45, 2.75) is 6.92 Å². The maximum Gasteiger partial charge on any atom is 0.216 e. The molecule has 0 aliphatic heterocycles. The second-order valence-corrected chi connectivity index (χ2v) is 4.02. The maximum absolute atomic E-state index is 10.6. The average Bonchev–Trinajstić information content (AvgIpc) is 2.26. The first-order valence-electron chi connectivity index (χ1n) is 4.85. The lowest BCUT2D eigenvalue weighted by molar-refractivity contribution is -0.118. The third-order valence-electron chi connectivity index (χ3n) is 1.86. The van der Waals surface area contributed by atoms with Gasteiger partial charge < -0.3 is 16.1 Å². The molecule has 5 N–H and O–H groups in total. The molecule has 0 aliphatic carbocycles. The van der Waals surface area contributed by atoms with Crippen molar-refractivity contribution in [1.29, 1.82) is 0 Å². The Labute approximate surface area is 109 Å². The zero-order chi connectivity index (χ0) is 12.8. The van der Waals surface area contributed by atoms with Crippen molar-refractivity contribution in [1.82, 2.24) is 10.3 Å². The number of aromatic nitrogens is 1. The Kier molecular flexibility index (Phi) is 5.27. The molecule has 0 radical (unpaired) electrons. The Morgan fingerprint density at radius 2 is 2.00 bits per heavy atom. The molecule has 1 aromatic rings. The summed E-state index contributed by atoms with van der Waals surface area (Å²) in [6.45, 7) is 2.42. The number of hydrazine groups is 1. The minimum absolute atomic E-state index is 0.0914. The molecule has 0 unspecified atom stereocenters. The van der Waals surface area contributed by atoms with Gasteiger partial charge in [0.25, 0.3) is 0 Å². The van der Waals surface area contributed by atoms with E-state index in [0.717, 1.165) is 0 Å². The van der Waals surface area contributed by atoms with E-state index in [2.05, 4.69) is 21.0 Å². The highest BCUT2D eigenvalue weighted by Gasteiger charge is 2.07. The zero-order valence-electron chi connectivity index (χ0n) is 9.18. The molecule has 0 bridgehead atoms. The number of carbonyl (C=O) groups excluding carboxylic acids is 1. The van der Waals surface area contributed by atoms with Crippen molar-refractivity contribution in [2.75, 3.05) is 23.8 Å². The molecular formula is C9H13Cl2N5O. The van der Waals surface area contributed by atoms with Gasteiger partial charge in [-0.25, -0.2) is 10.8 Å². The van der Waals surface area contributed by atoms with Gasteiger partial charge in [-0.05, 0) is 6.07 Å². The fraction of sp³-hybridized carbons (Fsp3) is 0.333. The van der Waals surface area contributed by atoms with Gasteiger partial charge in [-0.15, -0.1) is 0 Å². The number of anilines is 2. The highest BCUT2D eigenvalue weighted by atomic mass is 35.5. The smallest absolute Gasteiger partial charge is 0.216 e. The predicted octanol–water partition coefficient (Wildman–Crippen LogP) is 1.22. The summed E-state index contributed by atoms with van der Waals surface area (Å²) in [4.78, 5) is 14.7. The average molecular weight is 278 g/mol. The van der Waals surface area contributed by atoms with E-state index in [1.807, 2.05) is 0 Å². The molecule has 0 fully saturated rings. The number of halogens is 2. The monoisotopic (exact) mass is 277 g/mol. The Morgan fingerprint density at radius 3 is 2.59 bits per heavy atom.